The minimum Gasteiger partial charge on any atom is -0.503 e. The second-order valence-corrected chi connectivity index (χ2v) is 3.38. The molecule has 0 saturated heterocycles. The summed E-state index contributed by atoms with van der Waals surface area (Å²) in [5, 5.41) is 28.2. The molecule has 0 saturated carbocycles. The first-order valence-electron chi connectivity index (χ1n) is 4.49. The first-order chi connectivity index (χ1) is 7.09. The van der Waals surface area contributed by atoms with E-state index < -0.39 is 0 Å². The summed E-state index contributed by atoms with van der Waals surface area (Å²) in [5.74, 6) is -0.904. The number of aryl methyl sites for hydroxylation is 1. The molecule has 3 N–H and O–H groups in total. The van der Waals surface area contributed by atoms with Gasteiger partial charge in [0, 0.05) is 6.07 Å². The predicted octanol–water partition coefficient (Wildman–Crippen LogP) is 1.90. The molecule has 0 unspecified atom stereocenters. The van der Waals surface area contributed by atoms with Gasteiger partial charge in [-0.1, -0.05) is 17.7 Å². The molecule has 15 heavy (non-hydrogen) atoms. The second-order valence-electron chi connectivity index (χ2n) is 3.38. The standard InChI is InChI=1S/C11H11NO3/c1-7-2-4-8(5-3-7)12-10(14)6-9(13)11(12)15/h2-6,13-15H,1H3. The van der Waals surface area contributed by atoms with E-state index in [2.05, 4.69) is 0 Å². The molecule has 0 spiro atoms. The minimum atomic E-state index is -0.364. The van der Waals surface area contributed by atoms with E-state index >= 15 is 0 Å². The van der Waals surface area contributed by atoms with Crippen molar-refractivity contribution < 1.29 is 15.3 Å². The lowest BCUT2D eigenvalue weighted by Crippen LogP contribution is -1.92. The van der Waals surface area contributed by atoms with Crippen molar-refractivity contribution in [1.29, 1.82) is 0 Å². The highest BCUT2D eigenvalue weighted by molar-refractivity contribution is 5.49. The fourth-order valence-electron chi connectivity index (χ4n) is 1.42. The average Bonchev–Trinajstić information content (AvgIpc) is 2.44. The van der Waals surface area contributed by atoms with Gasteiger partial charge in [0.15, 0.2) is 5.75 Å². The Morgan fingerprint density at radius 2 is 1.60 bits per heavy atom. The van der Waals surface area contributed by atoms with Crippen LogP contribution in [-0.2, 0) is 0 Å². The lowest BCUT2D eigenvalue weighted by atomic mass is 10.2. The van der Waals surface area contributed by atoms with Crippen LogP contribution in [0.3, 0.4) is 0 Å². The molecule has 1 aromatic carbocycles. The highest BCUT2D eigenvalue weighted by Gasteiger charge is 2.13. The Morgan fingerprint density at radius 1 is 1.00 bits per heavy atom. The number of rotatable bonds is 1. The van der Waals surface area contributed by atoms with Gasteiger partial charge in [0.05, 0.1) is 5.69 Å². The largest absolute Gasteiger partial charge is 0.503 e. The molecule has 0 aliphatic heterocycles. The molecule has 1 aromatic heterocycles. The number of aromatic hydroxyl groups is 3. The molecule has 0 aliphatic carbocycles. The third kappa shape index (κ3) is 1.50. The normalized spacial score (nSPS) is 10.5. The van der Waals surface area contributed by atoms with E-state index in [4.69, 9.17) is 0 Å². The topological polar surface area (TPSA) is 65.6 Å². The Balaban J connectivity index is 2.58. The smallest absolute Gasteiger partial charge is 0.242 e. The molecule has 0 bridgehead atoms. The average molecular weight is 205 g/mol. The molecule has 0 aliphatic rings. The molecule has 0 atom stereocenters. The molecule has 0 radical (unpaired) electrons. The van der Waals surface area contributed by atoms with Crippen LogP contribution in [-0.4, -0.2) is 19.9 Å². The van der Waals surface area contributed by atoms with E-state index in [1.54, 1.807) is 12.1 Å². The Morgan fingerprint density at radius 3 is 2.07 bits per heavy atom. The van der Waals surface area contributed by atoms with Crippen molar-refractivity contribution in [2.75, 3.05) is 0 Å². The monoisotopic (exact) mass is 205 g/mol. The lowest BCUT2D eigenvalue weighted by molar-refractivity contribution is 0.377. The van der Waals surface area contributed by atoms with Gasteiger partial charge in [-0.15, -0.1) is 0 Å². The third-order valence-corrected chi connectivity index (χ3v) is 2.23. The fraction of sp³-hybridized carbons (Fsp3) is 0.0909. The Hall–Kier alpha value is -2.10. The number of aromatic nitrogens is 1. The number of hydrogen-bond donors (Lipinski definition) is 3. The maximum atomic E-state index is 9.49. The van der Waals surface area contributed by atoms with Crippen LogP contribution in [0.5, 0.6) is 17.5 Å². The molecule has 78 valence electrons. The summed E-state index contributed by atoms with van der Waals surface area (Å²) in [7, 11) is 0. The van der Waals surface area contributed by atoms with E-state index in [-0.39, 0.29) is 17.5 Å². The van der Waals surface area contributed by atoms with Gasteiger partial charge < -0.3 is 15.3 Å². The van der Waals surface area contributed by atoms with E-state index in [9.17, 15) is 15.3 Å². The zero-order valence-corrected chi connectivity index (χ0v) is 8.18. The van der Waals surface area contributed by atoms with E-state index in [0.717, 1.165) is 16.2 Å². The SMILES string of the molecule is Cc1ccc(-n2c(O)cc(O)c2O)cc1. The van der Waals surface area contributed by atoms with Gasteiger partial charge in [-0.2, -0.15) is 0 Å². The molecule has 4 heteroatoms. The summed E-state index contributed by atoms with van der Waals surface area (Å²) in [4.78, 5) is 0. The van der Waals surface area contributed by atoms with Crippen LogP contribution in [0.25, 0.3) is 5.69 Å². The molecule has 2 aromatic rings. The van der Waals surface area contributed by atoms with Crippen LogP contribution in [0.15, 0.2) is 30.3 Å². The van der Waals surface area contributed by atoms with Gasteiger partial charge >= 0.3 is 0 Å². The molecule has 0 amide bonds. The zero-order chi connectivity index (χ0) is 11.0. The van der Waals surface area contributed by atoms with Crippen molar-refractivity contribution in [3.63, 3.8) is 0 Å². The quantitative estimate of drug-likeness (QED) is 0.666. The van der Waals surface area contributed by atoms with Gasteiger partial charge in [-0.3, -0.25) is 0 Å². The molecule has 4 nitrogen and oxygen atoms in total. The summed E-state index contributed by atoms with van der Waals surface area (Å²) >= 11 is 0. The van der Waals surface area contributed by atoms with E-state index in [1.807, 2.05) is 19.1 Å². The van der Waals surface area contributed by atoms with E-state index in [1.165, 1.54) is 0 Å². The number of hydrogen-bond acceptors (Lipinski definition) is 3. The van der Waals surface area contributed by atoms with Crippen LogP contribution in [0, 0.1) is 6.92 Å². The zero-order valence-electron chi connectivity index (χ0n) is 8.18. The van der Waals surface area contributed by atoms with Crippen molar-refractivity contribution >= 4 is 0 Å². The van der Waals surface area contributed by atoms with Crippen molar-refractivity contribution in [1.82, 2.24) is 4.57 Å². The molecule has 0 fully saturated rings. The van der Waals surface area contributed by atoms with Crippen molar-refractivity contribution in [3.05, 3.63) is 35.9 Å². The van der Waals surface area contributed by atoms with E-state index in [0.29, 0.717) is 5.69 Å². The van der Waals surface area contributed by atoms with Gasteiger partial charge in [-0.25, -0.2) is 4.57 Å². The van der Waals surface area contributed by atoms with Crippen LogP contribution in [0.1, 0.15) is 5.56 Å². The van der Waals surface area contributed by atoms with Gasteiger partial charge in [0.25, 0.3) is 0 Å². The summed E-state index contributed by atoms with van der Waals surface area (Å²) in [6.07, 6.45) is 0. The van der Waals surface area contributed by atoms with Crippen LogP contribution < -0.4 is 0 Å². The first-order valence-corrected chi connectivity index (χ1v) is 4.49. The highest BCUT2D eigenvalue weighted by Crippen LogP contribution is 2.35. The van der Waals surface area contributed by atoms with Crippen LogP contribution in [0.4, 0.5) is 0 Å². The summed E-state index contributed by atoms with van der Waals surface area (Å²) in [5.41, 5.74) is 1.67. The summed E-state index contributed by atoms with van der Waals surface area (Å²) in [6.45, 7) is 1.94. The predicted molar refractivity (Wildman–Crippen MR) is 55.5 cm³/mol. The maximum absolute atomic E-state index is 9.49. The van der Waals surface area contributed by atoms with Crippen LogP contribution in [0.2, 0.25) is 0 Å². The highest BCUT2D eigenvalue weighted by atomic mass is 16.3. The van der Waals surface area contributed by atoms with Crippen molar-refractivity contribution in [3.8, 4) is 23.2 Å². The fourth-order valence-corrected chi connectivity index (χ4v) is 1.42. The maximum Gasteiger partial charge on any atom is 0.242 e. The lowest BCUT2D eigenvalue weighted by Gasteiger charge is -2.06. The molecule has 2 rings (SSSR count). The summed E-state index contributed by atoms with van der Waals surface area (Å²) < 4.78 is 1.16. The number of nitrogens with zero attached hydrogens (tertiary/aromatic N) is 1. The van der Waals surface area contributed by atoms with Gasteiger partial charge in [0.2, 0.25) is 11.8 Å². The molecular weight excluding hydrogens is 194 g/mol. The Labute approximate surface area is 86.7 Å². The first kappa shape index (κ1) is 9.45. The Kier molecular flexibility index (Phi) is 2.04. The van der Waals surface area contributed by atoms with Crippen molar-refractivity contribution in [2.24, 2.45) is 0 Å². The third-order valence-electron chi connectivity index (χ3n) is 2.23. The Bertz CT molecular complexity index is 485. The van der Waals surface area contributed by atoms with Gasteiger partial charge in [-0.05, 0) is 19.1 Å². The molecular formula is C11H11NO3. The second kappa shape index (κ2) is 3.24. The minimum absolute atomic E-state index is 0.200. The van der Waals surface area contributed by atoms with Crippen molar-refractivity contribution in [2.45, 2.75) is 6.92 Å². The van der Waals surface area contributed by atoms with Gasteiger partial charge in [0.1, 0.15) is 0 Å². The number of benzene rings is 1. The van der Waals surface area contributed by atoms with Crippen LogP contribution >= 0.6 is 0 Å². The summed E-state index contributed by atoms with van der Waals surface area (Å²) in [6, 6.07) is 8.29. The molecule has 1 heterocycles.